The van der Waals surface area contributed by atoms with Gasteiger partial charge in [0.25, 0.3) is 0 Å². The van der Waals surface area contributed by atoms with Gasteiger partial charge in [-0.05, 0) is 44.4 Å². The third-order valence-corrected chi connectivity index (χ3v) is 5.18. The molecular formula is C16H21NO5S. The zero-order valence-electron chi connectivity index (χ0n) is 13.5. The number of hydrogen-bond acceptors (Lipinski definition) is 5. The summed E-state index contributed by atoms with van der Waals surface area (Å²) in [6, 6.07) is 5.05. The molecule has 126 valence electrons. The van der Waals surface area contributed by atoms with Crippen molar-refractivity contribution in [1.29, 1.82) is 0 Å². The molecule has 0 unspecified atom stereocenters. The molecular weight excluding hydrogens is 318 g/mol. The van der Waals surface area contributed by atoms with Crippen LogP contribution in [0.5, 0.6) is 5.75 Å². The Morgan fingerprint density at radius 2 is 2.00 bits per heavy atom. The van der Waals surface area contributed by atoms with Crippen LogP contribution >= 0.6 is 0 Å². The number of benzene rings is 1. The van der Waals surface area contributed by atoms with Gasteiger partial charge in [0, 0.05) is 13.1 Å². The standard InChI is InChI=1S/C16H21NO5S/c1-11-6-7-14(12(2)18)15(9-11)22-16(19)13-5-4-8-17(10-13)23(3,20)21/h6-7,9,13H,4-5,8,10H2,1-3H3/t13-/m0/s1. The van der Waals surface area contributed by atoms with E-state index in [2.05, 4.69) is 0 Å². The molecule has 23 heavy (non-hydrogen) atoms. The SMILES string of the molecule is CC(=O)c1ccc(C)cc1OC(=O)[C@H]1CCCN(S(C)(=O)=O)C1. The Hall–Kier alpha value is -1.73. The van der Waals surface area contributed by atoms with Crippen LogP contribution in [0.3, 0.4) is 0 Å². The molecule has 0 aromatic heterocycles. The lowest BCUT2D eigenvalue weighted by Crippen LogP contribution is -2.42. The van der Waals surface area contributed by atoms with Gasteiger partial charge < -0.3 is 4.74 Å². The zero-order chi connectivity index (χ0) is 17.2. The van der Waals surface area contributed by atoms with E-state index in [1.54, 1.807) is 18.2 Å². The summed E-state index contributed by atoms with van der Waals surface area (Å²) in [5.74, 6) is -0.960. The van der Waals surface area contributed by atoms with Gasteiger partial charge in [0.05, 0.1) is 17.7 Å². The zero-order valence-corrected chi connectivity index (χ0v) is 14.4. The Morgan fingerprint density at radius 1 is 1.30 bits per heavy atom. The number of ether oxygens (including phenoxy) is 1. The van der Waals surface area contributed by atoms with Crippen LogP contribution in [0.25, 0.3) is 0 Å². The number of carbonyl (C=O) groups excluding carboxylic acids is 2. The Labute approximate surface area is 136 Å². The maximum atomic E-state index is 12.4. The van der Waals surface area contributed by atoms with Crippen molar-refractivity contribution in [1.82, 2.24) is 4.31 Å². The monoisotopic (exact) mass is 339 g/mol. The van der Waals surface area contributed by atoms with Gasteiger partial charge >= 0.3 is 5.97 Å². The van der Waals surface area contributed by atoms with Gasteiger partial charge in [0.1, 0.15) is 5.75 Å². The Kier molecular flexibility index (Phi) is 5.21. The molecule has 1 aromatic rings. The third kappa shape index (κ3) is 4.39. The third-order valence-electron chi connectivity index (χ3n) is 3.91. The van der Waals surface area contributed by atoms with Gasteiger partial charge in [-0.1, -0.05) is 6.07 Å². The molecule has 0 bridgehead atoms. The Balaban J connectivity index is 2.16. The average molecular weight is 339 g/mol. The summed E-state index contributed by atoms with van der Waals surface area (Å²) in [7, 11) is -3.32. The fourth-order valence-electron chi connectivity index (χ4n) is 2.63. The van der Waals surface area contributed by atoms with Crippen molar-refractivity contribution in [2.75, 3.05) is 19.3 Å². The van der Waals surface area contributed by atoms with Crippen LogP contribution in [0.15, 0.2) is 18.2 Å². The van der Waals surface area contributed by atoms with E-state index in [1.807, 2.05) is 6.92 Å². The van der Waals surface area contributed by atoms with Gasteiger partial charge in [-0.15, -0.1) is 0 Å². The summed E-state index contributed by atoms with van der Waals surface area (Å²) in [6.07, 6.45) is 2.32. The van der Waals surface area contributed by atoms with Gasteiger partial charge in [0.15, 0.2) is 5.78 Å². The minimum atomic E-state index is -3.32. The van der Waals surface area contributed by atoms with Crippen LogP contribution < -0.4 is 4.74 Å². The molecule has 1 fully saturated rings. The Morgan fingerprint density at radius 3 is 2.61 bits per heavy atom. The minimum Gasteiger partial charge on any atom is -0.425 e. The van der Waals surface area contributed by atoms with Gasteiger partial charge in [-0.25, -0.2) is 12.7 Å². The number of carbonyl (C=O) groups is 2. The molecule has 0 saturated carbocycles. The number of hydrogen-bond donors (Lipinski definition) is 0. The molecule has 6 nitrogen and oxygen atoms in total. The second kappa shape index (κ2) is 6.80. The first-order valence-corrected chi connectivity index (χ1v) is 9.31. The second-order valence-corrected chi connectivity index (χ2v) is 7.92. The highest BCUT2D eigenvalue weighted by Crippen LogP contribution is 2.25. The molecule has 1 aromatic carbocycles. The normalized spacial score (nSPS) is 19.3. The van der Waals surface area contributed by atoms with Crippen molar-refractivity contribution in [3.63, 3.8) is 0 Å². The summed E-state index contributed by atoms with van der Waals surface area (Å²) in [5.41, 5.74) is 1.22. The lowest BCUT2D eigenvalue weighted by molar-refractivity contribution is -0.140. The number of nitrogens with zero attached hydrogens (tertiary/aromatic N) is 1. The number of sulfonamides is 1. The maximum absolute atomic E-state index is 12.4. The molecule has 0 N–H and O–H groups in total. The molecule has 1 aliphatic rings. The van der Waals surface area contributed by atoms with Crippen LogP contribution in [0.2, 0.25) is 0 Å². The molecule has 1 aliphatic heterocycles. The smallest absolute Gasteiger partial charge is 0.315 e. The minimum absolute atomic E-state index is 0.124. The fraction of sp³-hybridized carbons (Fsp3) is 0.500. The van der Waals surface area contributed by atoms with Crippen LogP contribution in [-0.2, 0) is 14.8 Å². The molecule has 0 radical (unpaired) electrons. The number of ketones is 1. The predicted octanol–water partition coefficient (Wildman–Crippen LogP) is 1.77. The Bertz CT molecular complexity index is 726. The molecule has 7 heteroatoms. The van der Waals surface area contributed by atoms with Crippen LogP contribution in [0.4, 0.5) is 0 Å². The van der Waals surface area contributed by atoms with E-state index in [0.717, 1.165) is 11.8 Å². The highest BCUT2D eigenvalue weighted by atomic mass is 32.2. The molecule has 0 aliphatic carbocycles. The number of piperidine rings is 1. The van der Waals surface area contributed by atoms with Gasteiger partial charge in [0.2, 0.25) is 10.0 Å². The summed E-state index contributed by atoms with van der Waals surface area (Å²) in [6.45, 7) is 3.80. The topological polar surface area (TPSA) is 80.8 Å². The summed E-state index contributed by atoms with van der Waals surface area (Å²) >= 11 is 0. The average Bonchev–Trinajstić information content (AvgIpc) is 2.46. The summed E-state index contributed by atoms with van der Waals surface area (Å²) in [4.78, 5) is 24.0. The first kappa shape index (κ1) is 17.6. The highest BCUT2D eigenvalue weighted by Gasteiger charge is 2.31. The first-order valence-electron chi connectivity index (χ1n) is 7.47. The molecule has 1 saturated heterocycles. The molecule has 0 amide bonds. The van der Waals surface area contributed by atoms with E-state index in [0.29, 0.717) is 24.9 Å². The number of esters is 1. The largest absolute Gasteiger partial charge is 0.425 e. The van der Waals surface area contributed by atoms with Crippen molar-refractivity contribution in [3.05, 3.63) is 29.3 Å². The van der Waals surface area contributed by atoms with Crippen molar-refractivity contribution in [2.24, 2.45) is 5.92 Å². The lowest BCUT2D eigenvalue weighted by Gasteiger charge is -2.29. The molecule has 1 heterocycles. The van der Waals surface area contributed by atoms with Crippen molar-refractivity contribution >= 4 is 21.8 Å². The molecule has 1 atom stereocenters. The highest BCUT2D eigenvalue weighted by molar-refractivity contribution is 7.88. The number of aryl methyl sites for hydroxylation is 1. The number of Topliss-reactive ketones (excluding diaryl/α,β-unsaturated/α-hetero) is 1. The quantitative estimate of drug-likeness (QED) is 0.474. The van der Waals surface area contributed by atoms with Crippen molar-refractivity contribution in [2.45, 2.75) is 26.7 Å². The second-order valence-electron chi connectivity index (χ2n) is 5.94. The van der Waals surface area contributed by atoms with E-state index in [4.69, 9.17) is 4.74 Å². The number of rotatable bonds is 4. The van der Waals surface area contributed by atoms with E-state index >= 15 is 0 Å². The van der Waals surface area contributed by atoms with Crippen molar-refractivity contribution < 1.29 is 22.7 Å². The van der Waals surface area contributed by atoms with Gasteiger partial charge in [-0.3, -0.25) is 9.59 Å². The van der Waals surface area contributed by atoms with Crippen molar-refractivity contribution in [3.8, 4) is 5.75 Å². The van der Waals surface area contributed by atoms with Crippen LogP contribution in [0.1, 0.15) is 35.7 Å². The molecule has 2 rings (SSSR count). The van der Waals surface area contributed by atoms with Crippen LogP contribution in [0, 0.1) is 12.8 Å². The van der Waals surface area contributed by atoms with E-state index in [9.17, 15) is 18.0 Å². The molecule has 0 spiro atoms. The van der Waals surface area contributed by atoms with E-state index in [-0.39, 0.29) is 18.1 Å². The summed E-state index contributed by atoms with van der Waals surface area (Å²) in [5, 5.41) is 0. The first-order chi connectivity index (χ1) is 10.7. The van der Waals surface area contributed by atoms with E-state index < -0.39 is 21.9 Å². The van der Waals surface area contributed by atoms with Gasteiger partial charge in [-0.2, -0.15) is 0 Å². The summed E-state index contributed by atoms with van der Waals surface area (Å²) < 4.78 is 30.0. The predicted molar refractivity (Wildman–Crippen MR) is 86.0 cm³/mol. The van der Waals surface area contributed by atoms with E-state index in [1.165, 1.54) is 11.2 Å². The fourth-order valence-corrected chi connectivity index (χ4v) is 3.54. The lowest BCUT2D eigenvalue weighted by atomic mass is 10.00. The maximum Gasteiger partial charge on any atom is 0.315 e. The van der Waals surface area contributed by atoms with Crippen LogP contribution in [-0.4, -0.2) is 43.8 Å².